The second kappa shape index (κ2) is 15.2. The predicted octanol–water partition coefficient (Wildman–Crippen LogP) is 9.14. The summed E-state index contributed by atoms with van der Waals surface area (Å²) in [4.78, 5) is 11.9. The number of esters is 1. The second-order valence-electron chi connectivity index (χ2n) is 10.1. The molecule has 1 atom stereocenters. The highest BCUT2D eigenvalue weighted by Crippen LogP contribution is 2.32. The maximum absolute atomic E-state index is 13.9. The van der Waals surface area contributed by atoms with Gasteiger partial charge >= 0.3 is 5.97 Å². The number of halogens is 2. The average molecular weight is 517 g/mol. The van der Waals surface area contributed by atoms with Crippen LogP contribution in [0, 0.1) is 5.92 Å². The first-order valence-corrected chi connectivity index (χ1v) is 14.2. The fourth-order valence-electron chi connectivity index (χ4n) is 4.84. The van der Waals surface area contributed by atoms with Crippen molar-refractivity contribution in [3.05, 3.63) is 53.1 Å². The van der Waals surface area contributed by atoms with Gasteiger partial charge in [-0.15, -0.1) is 0 Å². The molecular weight excluding hydrogens is 475 g/mol. The van der Waals surface area contributed by atoms with Gasteiger partial charge in [-0.2, -0.15) is 0 Å². The summed E-state index contributed by atoms with van der Waals surface area (Å²) < 4.78 is 25.1. The van der Waals surface area contributed by atoms with Crippen molar-refractivity contribution in [2.45, 2.75) is 103 Å². The number of rotatable bonds is 14. The van der Waals surface area contributed by atoms with Crippen molar-refractivity contribution in [1.82, 2.24) is 0 Å². The summed E-state index contributed by atoms with van der Waals surface area (Å²) in [5.41, 5.74) is 3.56. The molecule has 3 rings (SSSR count). The van der Waals surface area contributed by atoms with E-state index >= 15 is 0 Å². The molecule has 0 radical (unpaired) electrons. The van der Waals surface area contributed by atoms with Crippen LogP contribution >= 0.6 is 11.6 Å². The van der Waals surface area contributed by atoms with Gasteiger partial charge in [0.15, 0.2) is 6.17 Å². The van der Waals surface area contributed by atoms with E-state index in [0.717, 1.165) is 74.7 Å². The summed E-state index contributed by atoms with van der Waals surface area (Å²) in [7, 11) is 0. The molecule has 0 aliphatic heterocycles. The van der Waals surface area contributed by atoms with Gasteiger partial charge in [0, 0.05) is 0 Å². The molecule has 1 fully saturated rings. The van der Waals surface area contributed by atoms with Crippen LogP contribution in [0.4, 0.5) is 4.39 Å². The first kappa shape index (κ1) is 28.5. The minimum atomic E-state index is -1.47. The van der Waals surface area contributed by atoms with Crippen molar-refractivity contribution in [2.75, 3.05) is 6.61 Å². The van der Waals surface area contributed by atoms with Gasteiger partial charge in [-0.05, 0) is 86.1 Å². The predicted molar refractivity (Wildman–Crippen MR) is 146 cm³/mol. The van der Waals surface area contributed by atoms with Gasteiger partial charge in [0.1, 0.15) is 11.9 Å². The lowest BCUT2D eigenvalue weighted by Crippen LogP contribution is -2.29. The van der Waals surface area contributed by atoms with Crippen LogP contribution in [0.1, 0.15) is 90.0 Å². The van der Waals surface area contributed by atoms with E-state index in [9.17, 15) is 9.18 Å². The fourth-order valence-corrected chi connectivity index (χ4v) is 5.08. The molecule has 3 nitrogen and oxygen atoms in total. The lowest BCUT2D eigenvalue weighted by atomic mass is 9.83. The maximum Gasteiger partial charge on any atom is 0.340 e. The lowest BCUT2D eigenvalue weighted by molar-refractivity contribution is -0.157. The van der Waals surface area contributed by atoms with Crippen LogP contribution < -0.4 is 4.74 Å². The van der Waals surface area contributed by atoms with Crippen LogP contribution in [0.25, 0.3) is 11.1 Å². The van der Waals surface area contributed by atoms with Crippen LogP contribution in [-0.4, -0.2) is 24.9 Å². The molecule has 1 saturated carbocycles. The highest BCUT2D eigenvalue weighted by Gasteiger charge is 2.27. The molecule has 1 aliphatic carbocycles. The van der Waals surface area contributed by atoms with E-state index in [-0.39, 0.29) is 12.5 Å². The van der Waals surface area contributed by atoms with E-state index in [1.54, 1.807) is 0 Å². The van der Waals surface area contributed by atoms with E-state index in [1.165, 1.54) is 18.4 Å². The number of aryl methyl sites for hydroxylation is 1. The highest BCUT2D eigenvalue weighted by molar-refractivity contribution is 6.32. The number of carbonyl (C=O) groups excluding carboxylic acids is 1. The van der Waals surface area contributed by atoms with Gasteiger partial charge < -0.3 is 9.47 Å². The Balaban J connectivity index is 1.41. The molecule has 0 amide bonds. The smallest absolute Gasteiger partial charge is 0.340 e. The summed E-state index contributed by atoms with van der Waals surface area (Å²) in [5.74, 6) is 0.714. The molecule has 2 aromatic carbocycles. The normalized spacial score (nSPS) is 18.6. The molecule has 2 aromatic rings. The summed E-state index contributed by atoms with van der Waals surface area (Å²) in [6.07, 6.45) is 9.59. The third-order valence-electron chi connectivity index (χ3n) is 7.21. The number of alkyl halides is 1. The van der Waals surface area contributed by atoms with Gasteiger partial charge in [-0.3, -0.25) is 0 Å². The van der Waals surface area contributed by atoms with Crippen molar-refractivity contribution in [3.63, 3.8) is 0 Å². The number of carbonyl (C=O) groups is 1. The molecule has 198 valence electrons. The Morgan fingerprint density at radius 1 is 0.972 bits per heavy atom. The van der Waals surface area contributed by atoms with E-state index < -0.39 is 12.1 Å². The largest absolute Gasteiger partial charge is 0.492 e. The Bertz CT molecular complexity index is 922. The monoisotopic (exact) mass is 516 g/mol. The first-order valence-electron chi connectivity index (χ1n) is 13.9. The third kappa shape index (κ3) is 9.10. The van der Waals surface area contributed by atoms with Crippen molar-refractivity contribution in [2.24, 2.45) is 5.92 Å². The van der Waals surface area contributed by atoms with E-state index in [0.29, 0.717) is 17.5 Å². The lowest BCUT2D eigenvalue weighted by Gasteiger charge is -2.28. The number of benzene rings is 2. The van der Waals surface area contributed by atoms with Crippen molar-refractivity contribution in [3.8, 4) is 16.9 Å². The molecule has 0 saturated heterocycles. The minimum absolute atomic E-state index is 0.118. The Kier molecular flexibility index (Phi) is 12.1. The molecule has 36 heavy (non-hydrogen) atoms. The molecule has 1 aliphatic rings. The van der Waals surface area contributed by atoms with Crippen LogP contribution in [0.5, 0.6) is 5.75 Å². The zero-order chi connectivity index (χ0) is 25.8. The Morgan fingerprint density at radius 3 is 2.33 bits per heavy atom. The van der Waals surface area contributed by atoms with Crippen LogP contribution in [-0.2, 0) is 16.0 Å². The van der Waals surface area contributed by atoms with Crippen molar-refractivity contribution in [1.29, 1.82) is 0 Å². The van der Waals surface area contributed by atoms with Gasteiger partial charge in [-0.1, -0.05) is 81.5 Å². The second-order valence-corrected chi connectivity index (χ2v) is 10.5. The molecule has 0 heterocycles. The van der Waals surface area contributed by atoms with E-state index in [4.69, 9.17) is 21.1 Å². The molecule has 0 aromatic heterocycles. The first-order chi connectivity index (χ1) is 17.5. The molecule has 0 N–H and O–H groups in total. The van der Waals surface area contributed by atoms with Gasteiger partial charge in [0.2, 0.25) is 0 Å². The van der Waals surface area contributed by atoms with Crippen LogP contribution in [0.2, 0.25) is 5.02 Å². The van der Waals surface area contributed by atoms with E-state index in [1.807, 2.05) is 19.1 Å². The molecule has 0 unspecified atom stereocenters. The zero-order valence-corrected chi connectivity index (χ0v) is 22.7. The maximum atomic E-state index is 13.9. The summed E-state index contributed by atoms with van der Waals surface area (Å²) in [5, 5.41) is 0.650. The van der Waals surface area contributed by atoms with Gasteiger partial charge in [-0.25, -0.2) is 9.18 Å². The quantitative estimate of drug-likeness (QED) is 0.185. The highest BCUT2D eigenvalue weighted by atomic mass is 35.5. The third-order valence-corrected chi connectivity index (χ3v) is 7.50. The SMILES string of the molecule is CCCCCOc1ccc(-c2ccc(CC[C@H]3CC[C@H](OC(=O)[C@@H](F)CCCC)CC3)cc2)cc1Cl. The van der Waals surface area contributed by atoms with Crippen LogP contribution in [0.3, 0.4) is 0 Å². The Hall–Kier alpha value is -2.07. The van der Waals surface area contributed by atoms with E-state index in [2.05, 4.69) is 37.3 Å². The van der Waals surface area contributed by atoms with Crippen molar-refractivity contribution < 1.29 is 18.7 Å². The molecular formula is C31H42ClFO3. The standard InChI is InChI=1S/C31H42ClFO3/c1-3-5-7-21-35-30-20-17-26(22-28(30)32)25-15-11-23(12-16-25)9-10-24-13-18-27(19-14-24)36-31(34)29(33)8-6-4-2/h11-12,15-17,20,22,24,27,29H,3-10,13-14,18-19,21H2,1-2H3/t24-,27-,29-/m0/s1. The van der Waals surface area contributed by atoms with Gasteiger partial charge in [0.25, 0.3) is 0 Å². The topological polar surface area (TPSA) is 35.5 Å². The number of hydrogen-bond donors (Lipinski definition) is 0. The number of hydrogen-bond acceptors (Lipinski definition) is 3. The minimum Gasteiger partial charge on any atom is -0.492 e. The average Bonchev–Trinajstić information content (AvgIpc) is 2.90. The molecule has 0 spiro atoms. The molecule has 5 heteroatoms. The Labute approximate surface area is 221 Å². The fraction of sp³-hybridized carbons (Fsp3) is 0.581. The summed E-state index contributed by atoms with van der Waals surface area (Å²) >= 11 is 6.46. The van der Waals surface area contributed by atoms with Crippen molar-refractivity contribution >= 4 is 17.6 Å². The zero-order valence-electron chi connectivity index (χ0n) is 21.9. The number of ether oxygens (including phenoxy) is 2. The number of unbranched alkanes of at least 4 members (excludes halogenated alkanes) is 3. The molecule has 0 bridgehead atoms. The van der Waals surface area contributed by atoms with Gasteiger partial charge in [0.05, 0.1) is 11.6 Å². The van der Waals surface area contributed by atoms with Crippen LogP contribution in [0.15, 0.2) is 42.5 Å². The summed E-state index contributed by atoms with van der Waals surface area (Å²) in [6.45, 7) is 4.87. The summed E-state index contributed by atoms with van der Waals surface area (Å²) in [6, 6.07) is 14.7. The Morgan fingerprint density at radius 2 is 1.67 bits per heavy atom.